The van der Waals surface area contributed by atoms with Gasteiger partial charge in [0.15, 0.2) is 0 Å². The normalized spacial score (nSPS) is 20.7. The Morgan fingerprint density at radius 3 is 2.96 bits per heavy atom. The standard InChI is InChI=1S/C19H24N4O2S/c1-3-16-21-22(11-17(24)20-14-7-5-4-6-12(14)2)18(25)15-10-13-8-9-26-19(13)23(15)16/h8-10,12,14H,3-7,11H2,1-2H3,(H,20,24). The molecule has 138 valence electrons. The molecule has 1 N–H and O–H groups in total. The zero-order chi connectivity index (χ0) is 18.3. The van der Waals surface area contributed by atoms with Crippen LogP contribution in [0.4, 0.5) is 0 Å². The molecule has 1 aliphatic carbocycles. The molecule has 1 saturated carbocycles. The average molecular weight is 372 g/mol. The first-order valence-corrected chi connectivity index (χ1v) is 10.2. The number of carbonyl (C=O) groups excluding carboxylic acids is 1. The minimum Gasteiger partial charge on any atom is -0.351 e. The number of thiophene rings is 1. The zero-order valence-corrected chi connectivity index (χ0v) is 16.0. The summed E-state index contributed by atoms with van der Waals surface area (Å²) in [6.45, 7) is 4.17. The van der Waals surface area contributed by atoms with Crippen LogP contribution in [0.1, 0.15) is 45.4 Å². The third kappa shape index (κ3) is 2.94. The Balaban J connectivity index is 1.65. The van der Waals surface area contributed by atoms with Gasteiger partial charge in [-0.25, -0.2) is 4.68 Å². The molecule has 0 aromatic carbocycles. The van der Waals surface area contributed by atoms with Crippen LogP contribution in [-0.2, 0) is 17.8 Å². The molecule has 6 nitrogen and oxygen atoms in total. The number of aryl methyl sites for hydroxylation is 1. The molecular formula is C19H24N4O2S. The van der Waals surface area contributed by atoms with Crippen molar-refractivity contribution < 1.29 is 4.79 Å². The molecule has 0 aliphatic heterocycles. The number of aromatic nitrogens is 3. The van der Waals surface area contributed by atoms with E-state index in [0.29, 0.717) is 17.9 Å². The number of carbonyl (C=O) groups is 1. The molecule has 2 unspecified atom stereocenters. The molecule has 3 heterocycles. The van der Waals surface area contributed by atoms with Crippen molar-refractivity contribution in [1.82, 2.24) is 19.5 Å². The number of fused-ring (bicyclic) bond motifs is 3. The molecule has 1 aliphatic rings. The lowest BCUT2D eigenvalue weighted by Gasteiger charge is -2.29. The van der Waals surface area contributed by atoms with Gasteiger partial charge in [0, 0.05) is 17.8 Å². The molecule has 26 heavy (non-hydrogen) atoms. The third-order valence-electron chi connectivity index (χ3n) is 5.43. The van der Waals surface area contributed by atoms with E-state index < -0.39 is 0 Å². The lowest BCUT2D eigenvalue weighted by atomic mass is 9.86. The van der Waals surface area contributed by atoms with Crippen LogP contribution in [0.3, 0.4) is 0 Å². The summed E-state index contributed by atoms with van der Waals surface area (Å²) in [6.07, 6.45) is 5.25. The highest BCUT2D eigenvalue weighted by molar-refractivity contribution is 7.16. The van der Waals surface area contributed by atoms with Crippen molar-refractivity contribution in [2.75, 3.05) is 0 Å². The second-order valence-corrected chi connectivity index (χ2v) is 8.11. The smallest absolute Gasteiger partial charge is 0.291 e. The summed E-state index contributed by atoms with van der Waals surface area (Å²) in [6, 6.07) is 4.11. The van der Waals surface area contributed by atoms with Gasteiger partial charge in [-0.3, -0.25) is 14.0 Å². The Hall–Kier alpha value is -2.15. The largest absolute Gasteiger partial charge is 0.351 e. The molecule has 1 amide bonds. The monoisotopic (exact) mass is 372 g/mol. The number of nitrogens with zero attached hydrogens (tertiary/aromatic N) is 3. The van der Waals surface area contributed by atoms with E-state index >= 15 is 0 Å². The maximum atomic E-state index is 12.9. The van der Waals surface area contributed by atoms with Gasteiger partial charge in [-0.1, -0.05) is 26.7 Å². The molecule has 0 bridgehead atoms. The van der Waals surface area contributed by atoms with Crippen molar-refractivity contribution in [1.29, 1.82) is 0 Å². The van der Waals surface area contributed by atoms with Gasteiger partial charge >= 0.3 is 0 Å². The highest BCUT2D eigenvalue weighted by Crippen LogP contribution is 2.25. The number of nitrogens with one attached hydrogen (secondary N) is 1. The van der Waals surface area contributed by atoms with Gasteiger partial charge < -0.3 is 5.32 Å². The fourth-order valence-electron chi connectivity index (χ4n) is 3.95. The molecule has 0 spiro atoms. The second-order valence-electron chi connectivity index (χ2n) is 7.21. The summed E-state index contributed by atoms with van der Waals surface area (Å²) in [5, 5.41) is 10.7. The highest BCUT2D eigenvalue weighted by atomic mass is 32.1. The van der Waals surface area contributed by atoms with E-state index in [1.165, 1.54) is 11.1 Å². The van der Waals surface area contributed by atoms with Crippen LogP contribution >= 0.6 is 11.3 Å². The average Bonchev–Trinajstić information content (AvgIpc) is 3.21. The molecule has 4 rings (SSSR count). The molecule has 0 saturated heterocycles. The molecule has 3 aromatic heterocycles. The van der Waals surface area contributed by atoms with E-state index in [1.54, 1.807) is 11.3 Å². The predicted molar refractivity (Wildman–Crippen MR) is 104 cm³/mol. The van der Waals surface area contributed by atoms with Gasteiger partial charge in [0.2, 0.25) is 5.91 Å². The number of hydrogen-bond acceptors (Lipinski definition) is 4. The summed E-state index contributed by atoms with van der Waals surface area (Å²) in [5.41, 5.74) is 0.384. The minimum atomic E-state index is -0.211. The van der Waals surface area contributed by atoms with E-state index in [2.05, 4.69) is 17.3 Å². The van der Waals surface area contributed by atoms with Gasteiger partial charge in [0.25, 0.3) is 5.56 Å². The zero-order valence-electron chi connectivity index (χ0n) is 15.2. The fourth-order valence-corrected chi connectivity index (χ4v) is 4.87. The maximum Gasteiger partial charge on any atom is 0.291 e. The number of amides is 1. The predicted octanol–water partition coefficient (Wildman–Crippen LogP) is 2.97. The topological polar surface area (TPSA) is 68.4 Å². The second kappa shape index (κ2) is 6.87. The Morgan fingerprint density at radius 2 is 2.19 bits per heavy atom. The third-order valence-corrected chi connectivity index (χ3v) is 6.34. The summed E-state index contributed by atoms with van der Waals surface area (Å²) >= 11 is 1.60. The van der Waals surface area contributed by atoms with Crippen molar-refractivity contribution in [3.63, 3.8) is 0 Å². The van der Waals surface area contributed by atoms with Crippen LogP contribution in [-0.4, -0.2) is 26.1 Å². The summed E-state index contributed by atoms with van der Waals surface area (Å²) in [7, 11) is 0. The molecule has 3 aromatic rings. The van der Waals surface area contributed by atoms with E-state index in [-0.39, 0.29) is 24.1 Å². The molecular weight excluding hydrogens is 348 g/mol. The first kappa shape index (κ1) is 17.3. The van der Waals surface area contributed by atoms with E-state index in [9.17, 15) is 9.59 Å². The lowest BCUT2D eigenvalue weighted by molar-refractivity contribution is -0.123. The lowest BCUT2D eigenvalue weighted by Crippen LogP contribution is -2.44. The summed E-state index contributed by atoms with van der Waals surface area (Å²) in [5.74, 6) is 1.16. The number of rotatable bonds is 4. The quantitative estimate of drug-likeness (QED) is 0.765. The number of hydrogen-bond donors (Lipinski definition) is 1. The maximum absolute atomic E-state index is 12.9. The van der Waals surface area contributed by atoms with Crippen LogP contribution in [0.15, 0.2) is 22.3 Å². The van der Waals surface area contributed by atoms with Crippen molar-refractivity contribution in [3.05, 3.63) is 33.7 Å². The van der Waals surface area contributed by atoms with Crippen molar-refractivity contribution >= 4 is 33.0 Å². The molecule has 0 radical (unpaired) electrons. The molecule has 2 atom stereocenters. The van der Waals surface area contributed by atoms with Crippen molar-refractivity contribution in [2.45, 2.75) is 58.5 Å². The van der Waals surface area contributed by atoms with Crippen LogP contribution < -0.4 is 10.9 Å². The van der Waals surface area contributed by atoms with E-state index in [4.69, 9.17) is 0 Å². The highest BCUT2D eigenvalue weighted by Gasteiger charge is 2.23. The van der Waals surface area contributed by atoms with Gasteiger partial charge in [0.05, 0.1) is 0 Å². The fraction of sp³-hybridized carbons (Fsp3) is 0.526. The van der Waals surface area contributed by atoms with Gasteiger partial charge in [-0.2, -0.15) is 5.10 Å². The Bertz CT molecular complexity index is 1020. The van der Waals surface area contributed by atoms with E-state index in [0.717, 1.165) is 35.3 Å². The van der Waals surface area contributed by atoms with Gasteiger partial charge in [-0.15, -0.1) is 11.3 Å². The SMILES string of the molecule is CCc1nn(CC(=O)NC2CCCCC2C)c(=O)c2cc3ccsc3n12. The Morgan fingerprint density at radius 1 is 1.38 bits per heavy atom. The molecule has 7 heteroatoms. The van der Waals surface area contributed by atoms with E-state index in [1.807, 2.05) is 28.8 Å². The molecule has 1 fully saturated rings. The van der Waals surface area contributed by atoms with Crippen molar-refractivity contribution in [3.8, 4) is 0 Å². The van der Waals surface area contributed by atoms with Gasteiger partial charge in [0.1, 0.15) is 22.7 Å². The van der Waals surface area contributed by atoms with Crippen LogP contribution in [0.2, 0.25) is 0 Å². The van der Waals surface area contributed by atoms with Crippen LogP contribution in [0.5, 0.6) is 0 Å². The Kier molecular flexibility index (Phi) is 4.56. The summed E-state index contributed by atoms with van der Waals surface area (Å²) in [4.78, 5) is 26.4. The van der Waals surface area contributed by atoms with Crippen molar-refractivity contribution in [2.24, 2.45) is 5.92 Å². The first-order valence-electron chi connectivity index (χ1n) is 9.36. The van der Waals surface area contributed by atoms with Crippen LogP contribution in [0, 0.1) is 5.92 Å². The minimum absolute atomic E-state index is 0.0234. The van der Waals surface area contributed by atoms with Crippen LogP contribution in [0.25, 0.3) is 15.7 Å². The first-order chi connectivity index (χ1) is 12.6. The van der Waals surface area contributed by atoms with Gasteiger partial charge in [-0.05, 0) is 36.3 Å². The Labute approximate surface area is 155 Å². The summed E-state index contributed by atoms with van der Waals surface area (Å²) < 4.78 is 3.25.